The second kappa shape index (κ2) is 9.23. The normalized spacial score (nSPS) is 16.6. The first-order chi connectivity index (χ1) is 12.6. The maximum Gasteiger partial charge on any atom is 0.431 e. The lowest BCUT2D eigenvalue weighted by atomic mass is 9.87. The van der Waals surface area contributed by atoms with Crippen LogP contribution in [0.3, 0.4) is 0 Å². The Hall–Kier alpha value is -0.980. The van der Waals surface area contributed by atoms with Crippen LogP contribution in [-0.4, -0.2) is 52.0 Å². The van der Waals surface area contributed by atoms with E-state index in [0.29, 0.717) is 0 Å². The van der Waals surface area contributed by atoms with Gasteiger partial charge in [0.15, 0.2) is 0 Å². The number of nitrogens with one attached hydrogen (secondary N) is 1. The second-order valence-electron chi connectivity index (χ2n) is 7.26. The van der Waals surface area contributed by atoms with Gasteiger partial charge in [-0.3, -0.25) is 0 Å². The van der Waals surface area contributed by atoms with Crippen molar-refractivity contribution in [2.24, 2.45) is 5.10 Å². The Balaban J connectivity index is 3.63. The molecule has 0 spiro atoms. The van der Waals surface area contributed by atoms with Crippen molar-refractivity contribution in [1.29, 1.82) is 0 Å². The molecule has 2 atom stereocenters. The van der Waals surface area contributed by atoms with E-state index in [1.54, 1.807) is 20.8 Å². The highest BCUT2D eigenvalue weighted by molar-refractivity contribution is 9.10. The number of halogens is 6. The van der Waals surface area contributed by atoms with E-state index in [9.17, 15) is 26.5 Å². The van der Waals surface area contributed by atoms with Crippen LogP contribution in [0.4, 0.5) is 22.0 Å². The molecule has 0 saturated heterocycles. The maximum absolute atomic E-state index is 14.4. The maximum atomic E-state index is 14.4. The lowest BCUT2D eigenvalue weighted by molar-refractivity contribution is -0.0631. The average molecular weight is 493 g/mol. The molecule has 0 aliphatic carbocycles. The summed E-state index contributed by atoms with van der Waals surface area (Å²) in [6, 6.07) is 1.11. The first kappa shape index (κ1) is 25.1. The van der Waals surface area contributed by atoms with E-state index < -0.39 is 58.1 Å². The fraction of sp³-hybridized carbons (Fsp3) is 0.625. The summed E-state index contributed by atoms with van der Waals surface area (Å²) in [4.78, 5) is 3.44. The molecule has 28 heavy (non-hydrogen) atoms. The van der Waals surface area contributed by atoms with E-state index >= 15 is 0 Å². The van der Waals surface area contributed by atoms with Crippen molar-refractivity contribution in [1.82, 2.24) is 14.7 Å². The first-order valence-electron chi connectivity index (χ1n) is 8.01. The smallest absolute Gasteiger partial charge is 0.431 e. The first-order valence-corrected chi connectivity index (χ1v) is 9.96. The van der Waals surface area contributed by atoms with Gasteiger partial charge in [-0.05, 0) is 42.8 Å². The third kappa shape index (κ3) is 6.53. The van der Waals surface area contributed by atoms with Crippen molar-refractivity contribution in [2.45, 2.75) is 43.7 Å². The summed E-state index contributed by atoms with van der Waals surface area (Å²) in [5.74, 6) is -1.18. The van der Waals surface area contributed by atoms with Gasteiger partial charge in [0, 0.05) is 48.1 Å². The highest BCUT2D eigenvalue weighted by atomic mass is 79.9. The number of hydrogen-bond acceptors (Lipinski definition) is 5. The SMILES string of the molecule is CN(C)N=C(C[C@](CF)(N[S@+]([O-])C(C)(C)C)c1cc(Br)cnc1F)C(F)(F)F. The number of hydrogen-bond donors (Lipinski definition) is 1. The molecule has 0 amide bonds. The Morgan fingerprint density at radius 2 is 1.89 bits per heavy atom. The zero-order chi connectivity index (χ0) is 21.9. The topological polar surface area (TPSA) is 63.6 Å². The van der Waals surface area contributed by atoms with Gasteiger partial charge < -0.3 is 9.56 Å². The van der Waals surface area contributed by atoms with Crippen LogP contribution in [0.1, 0.15) is 32.8 Å². The molecule has 0 unspecified atom stereocenters. The fourth-order valence-corrected chi connectivity index (χ4v) is 3.37. The molecule has 0 aromatic carbocycles. The molecule has 12 heteroatoms. The van der Waals surface area contributed by atoms with E-state index in [-0.39, 0.29) is 4.47 Å². The van der Waals surface area contributed by atoms with Crippen LogP contribution in [0.25, 0.3) is 0 Å². The quantitative estimate of drug-likeness (QED) is 0.205. The third-order valence-electron chi connectivity index (χ3n) is 3.51. The molecule has 0 fully saturated rings. The zero-order valence-electron chi connectivity index (χ0n) is 16.0. The fourth-order valence-electron chi connectivity index (χ4n) is 2.14. The van der Waals surface area contributed by atoms with Crippen LogP contribution in [0.2, 0.25) is 0 Å². The Morgan fingerprint density at radius 3 is 2.32 bits per heavy atom. The highest BCUT2D eigenvalue weighted by Gasteiger charge is 2.49. The molecule has 0 aliphatic heterocycles. The van der Waals surface area contributed by atoms with Gasteiger partial charge in [-0.15, -0.1) is 4.72 Å². The second-order valence-corrected chi connectivity index (χ2v) is 10.1. The predicted molar refractivity (Wildman–Crippen MR) is 102 cm³/mol. The van der Waals surface area contributed by atoms with Crippen LogP contribution >= 0.6 is 15.9 Å². The Labute approximate surface area is 172 Å². The van der Waals surface area contributed by atoms with E-state index in [0.717, 1.165) is 17.3 Å². The molecule has 0 saturated carbocycles. The third-order valence-corrected chi connectivity index (χ3v) is 5.63. The van der Waals surface area contributed by atoms with Gasteiger partial charge in [0.2, 0.25) is 5.95 Å². The van der Waals surface area contributed by atoms with E-state index in [2.05, 4.69) is 30.7 Å². The van der Waals surface area contributed by atoms with Gasteiger partial charge in [-0.25, -0.2) is 9.37 Å². The monoisotopic (exact) mass is 492 g/mol. The molecule has 1 heterocycles. The van der Waals surface area contributed by atoms with Gasteiger partial charge in [0.05, 0.1) is 0 Å². The van der Waals surface area contributed by atoms with Crippen molar-refractivity contribution in [3.63, 3.8) is 0 Å². The molecule has 0 aliphatic rings. The number of alkyl halides is 4. The molecule has 0 radical (unpaired) electrons. The zero-order valence-corrected chi connectivity index (χ0v) is 18.4. The number of rotatable bonds is 7. The van der Waals surface area contributed by atoms with E-state index in [1.807, 2.05) is 0 Å². The van der Waals surface area contributed by atoms with Gasteiger partial charge in [0.25, 0.3) is 0 Å². The van der Waals surface area contributed by atoms with Crippen molar-refractivity contribution in [2.75, 3.05) is 20.8 Å². The lowest BCUT2D eigenvalue weighted by Crippen LogP contribution is -2.55. The molecular formula is C16H22BrF5N4OS. The summed E-state index contributed by atoms with van der Waals surface area (Å²) in [5, 5.41) is 4.30. The van der Waals surface area contributed by atoms with Crippen molar-refractivity contribution in [3.05, 3.63) is 28.2 Å². The van der Waals surface area contributed by atoms with Crippen LogP contribution in [-0.2, 0) is 16.9 Å². The van der Waals surface area contributed by atoms with Crippen LogP contribution < -0.4 is 4.72 Å². The van der Waals surface area contributed by atoms with Gasteiger partial charge >= 0.3 is 6.18 Å². The molecule has 1 rings (SSSR count). The summed E-state index contributed by atoms with van der Waals surface area (Å²) in [7, 11) is 2.54. The number of nitrogens with zero attached hydrogens (tertiary/aromatic N) is 3. The highest BCUT2D eigenvalue weighted by Crippen LogP contribution is 2.35. The van der Waals surface area contributed by atoms with Crippen LogP contribution in [0.15, 0.2) is 21.8 Å². The molecule has 160 valence electrons. The molecule has 1 N–H and O–H groups in total. The van der Waals surface area contributed by atoms with Crippen LogP contribution in [0, 0.1) is 5.95 Å². The Morgan fingerprint density at radius 1 is 1.32 bits per heavy atom. The van der Waals surface area contributed by atoms with Gasteiger partial charge in [-0.1, -0.05) is 0 Å². The Kier molecular flexibility index (Phi) is 8.26. The lowest BCUT2D eigenvalue weighted by Gasteiger charge is -2.36. The summed E-state index contributed by atoms with van der Waals surface area (Å²) in [6.45, 7) is 3.17. The molecule has 5 nitrogen and oxygen atoms in total. The molecule has 1 aromatic heterocycles. The minimum Gasteiger partial charge on any atom is -0.598 e. The van der Waals surface area contributed by atoms with Gasteiger partial charge in [-0.2, -0.15) is 22.7 Å². The molecule has 0 bridgehead atoms. The van der Waals surface area contributed by atoms with Crippen molar-refractivity contribution < 1.29 is 26.5 Å². The van der Waals surface area contributed by atoms with E-state index in [4.69, 9.17) is 0 Å². The molecular weight excluding hydrogens is 471 g/mol. The minimum atomic E-state index is -4.91. The largest absolute Gasteiger partial charge is 0.598 e. The predicted octanol–water partition coefficient (Wildman–Crippen LogP) is 4.07. The average Bonchev–Trinajstić information content (AvgIpc) is 2.53. The van der Waals surface area contributed by atoms with Crippen LogP contribution in [0.5, 0.6) is 0 Å². The number of pyridine rings is 1. The van der Waals surface area contributed by atoms with Crippen molar-refractivity contribution in [3.8, 4) is 0 Å². The van der Waals surface area contributed by atoms with Gasteiger partial charge in [0.1, 0.15) is 22.7 Å². The summed E-state index contributed by atoms with van der Waals surface area (Å²) in [5.41, 5.74) is -4.14. The van der Waals surface area contributed by atoms with E-state index in [1.165, 1.54) is 14.1 Å². The standard InChI is InChI=1S/C16H22BrF5N4OS/c1-14(2,3)28(27)25-15(9-18,11-6-10(17)8-23-13(11)19)7-12(16(20,21)22)24-26(4)5/h6,8,25H,7,9H2,1-5H3/t15-,28-/m1/s1. The summed E-state index contributed by atoms with van der Waals surface area (Å²) < 4.78 is 83.5. The number of hydrazone groups is 1. The summed E-state index contributed by atoms with van der Waals surface area (Å²) >= 11 is 1.04. The summed E-state index contributed by atoms with van der Waals surface area (Å²) in [6.07, 6.45) is -4.92. The molecule has 1 aromatic rings. The number of aromatic nitrogens is 1. The van der Waals surface area contributed by atoms with Crippen molar-refractivity contribution >= 4 is 33.0 Å². The minimum absolute atomic E-state index is 0.225. The Bertz CT molecular complexity index is 711.